The molecule has 0 fully saturated rings. The van der Waals surface area contributed by atoms with Crippen molar-refractivity contribution in [1.29, 1.82) is 0 Å². The largest absolute Gasteiger partial charge is 0.496 e. The maximum Gasteiger partial charge on any atom is 0.274 e. The third-order valence-corrected chi connectivity index (χ3v) is 3.90. The zero-order chi connectivity index (χ0) is 18.2. The van der Waals surface area contributed by atoms with Gasteiger partial charge in [-0.15, -0.1) is 6.58 Å². The number of hydrogen-bond acceptors (Lipinski definition) is 3. The first kappa shape index (κ1) is 18.5. The van der Waals surface area contributed by atoms with Gasteiger partial charge in [-0.1, -0.05) is 43.7 Å². The number of hydrogen-bond donors (Lipinski definition) is 1. The van der Waals surface area contributed by atoms with Crippen LogP contribution in [0.4, 0.5) is 0 Å². The maximum atomic E-state index is 12.7. The molecule has 1 heterocycles. The van der Waals surface area contributed by atoms with Gasteiger partial charge in [0, 0.05) is 12.1 Å². The highest BCUT2D eigenvalue weighted by Crippen LogP contribution is 2.17. The SMILES string of the molecule is C=CCn1c(=O)/c(=C/CCCC)[nH]c(=O)/c1=C/c1ccccc1OC. The maximum absolute atomic E-state index is 12.7. The van der Waals surface area contributed by atoms with E-state index in [1.807, 2.05) is 24.3 Å². The fourth-order valence-electron chi connectivity index (χ4n) is 2.59. The number of para-hydroxylation sites is 1. The average Bonchev–Trinajstić information content (AvgIpc) is 2.62. The van der Waals surface area contributed by atoms with E-state index in [0.717, 1.165) is 24.8 Å². The first-order valence-electron chi connectivity index (χ1n) is 8.41. The molecule has 5 nitrogen and oxygen atoms in total. The Morgan fingerprint density at radius 2 is 2.04 bits per heavy atom. The molecule has 0 unspecified atom stereocenters. The van der Waals surface area contributed by atoms with Gasteiger partial charge in [0.1, 0.15) is 16.4 Å². The van der Waals surface area contributed by atoms with Crippen LogP contribution >= 0.6 is 0 Å². The van der Waals surface area contributed by atoms with Crippen LogP contribution in [0.15, 0.2) is 46.5 Å². The lowest BCUT2D eigenvalue weighted by atomic mass is 10.2. The van der Waals surface area contributed by atoms with Gasteiger partial charge in [0.05, 0.1) is 7.11 Å². The van der Waals surface area contributed by atoms with Gasteiger partial charge in [-0.25, -0.2) is 0 Å². The molecule has 0 aliphatic rings. The van der Waals surface area contributed by atoms with Crippen molar-refractivity contribution in [1.82, 2.24) is 9.55 Å². The highest BCUT2D eigenvalue weighted by molar-refractivity contribution is 5.56. The van der Waals surface area contributed by atoms with Gasteiger partial charge >= 0.3 is 0 Å². The van der Waals surface area contributed by atoms with E-state index in [0.29, 0.717) is 11.1 Å². The van der Waals surface area contributed by atoms with E-state index >= 15 is 0 Å². The molecule has 5 heteroatoms. The van der Waals surface area contributed by atoms with Gasteiger partial charge in [0.15, 0.2) is 0 Å². The van der Waals surface area contributed by atoms with Crippen LogP contribution in [0.2, 0.25) is 0 Å². The summed E-state index contributed by atoms with van der Waals surface area (Å²) in [6.07, 6.45) is 7.82. The second-order valence-electron chi connectivity index (χ2n) is 5.69. The second kappa shape index (κ2) is 8.87. The van der Waals surface area contributed by atoms with Crippen LogP contribution in [0.1, 0.15) is 31.7 Å². The average molecular weight is 340 g/mol. The molecule has 1 N–H and O–H groups in total. The van der Waals surface area contributed by atoms with Crippen molar-refractivity contribution in [3.63, 3.8) is 0 Å². The van der Waals surface area contributed by atoms with Gasteiger partial charge in [0.25, 0.3) is 11.1 Å². The lowest BCUT2D eigenvalue weighted by Crippen LogP contribution is -2.53. The van der Waals surface area contributed by atoms with E-state index < -0.39 is 0 Å². The third kappa shape index (κ3) is 4.38. The number of methoxy groups -OCH3 is 1. The predicted octanol–water partition coefficient (Wildman–Crippen LogP) is 1.53. The standard InChI is InChI=1S/C20H24N2O3/c1-4-6-7-11-16-20(24)22(13-5-2)17(19(23)21-16)14-15-10-8-9-12-18(15)25-3/h5,8-12,14H,2,4,6-7,13H2,1,3H3,(H,21,23)/b16-11-,17-14-. The van der Waals surface area contributed by atoms with Crippen LogP contribution in [-0.2, 0) is 6.54 Å². The van der Waals surface area contributed by atoms with Crippen molar-refractivity contribution in [3.05, 3.63) is 73.9 Å². The Labute approximate surface area is 146 Å². The summed E-state index contributed by atoms with van der Waals surface area (Å²) >= 11 is 0. The van der Waals surface area contributed by atoms with Crippen molar-refractivity contribution in [2.24, 2.45) is 0 Å². The predicted molar refractivity (Wildman–Crippen MR) is 101 cm³/mol. The first-order chi connectivity index (χ1) is 12.1. The first-order valence-corrected chi connectivity index (χ1v) is 8.41. The molecule has 2 aromatic rings. The fraction of sp³-hybridized carbons (Fsp3) is 0.300. The van der Waals surface area contributed by atoms with E-state index in [1.165, 1.54) is 4.57 Å². The molecule has 1 aromatic carbocycles. The van der Waals surface area contributed by atoms with Crippen molar-refractivity contribution in [2.75, 3.05) is 7.11 Å². The molecular weight excluding hydrogens is 316 g/mol. The number of nitrogens with one attached hydrogen (secondary N) is 1. The minimum Gasteiger partial charge on any atom is -0.496 e. The van der Waals surface area contributed by atoms with E-state index in [1.54, 1.807) is 25.3 Å². The fourth-order valence-corrected chi connectivity index (χ4v) is 2.59. The lowest BCUT2D eigenvalue weighted by Gasteiger charge is -2.06. The smallest absolute Gasteiger partial charge is 0.274 e. The van der Waals surface area contributed by atoms with Crippen LogP contribution in [0.3, 0.4) is 0 Å². The summed E-state index contributed by atoms with van der Waals surface area (Å²) in [4.78, 5) is 28.0. The number of unbranched alkanes of at least 4 members (excludes halogenated alkanes) is 2. The number of aromatic amines is 1. The van der Waals surface area contributed by atoms with Crippen LogP contribution in [0, 0.1) is 0 Å². The topological polar surface area (TPSA) is 64.1 Å². The summed E-state index contributed by atoms with van der Waals surface area (Å²) in [6, 6.07) is 7.35. The van der Waals surface area contributed by atoms with E-state index in [9.17, 15) is 9.59 Å². The highest BCUT2D eigenvalue weighted by Gasteiger charge is 2.05. The Morgan fingerprint density at radius 3 is 2.72 bits per heavy atom. The molecule has 1 aromatic heterocycles. The second-order valence-corrected chi connectivity index (χ2v) is 5.69. The van der Waals surface area contributed by atoms with Crippen LogP contribution in [-0.4, -0.2) is 16.7 Å². The molecule has 0 saturated heterocycles. The molecule has 132 valence electrons. The molecule has 0 aliphatic heterocycles. The van der Waals surface area contributed by atoms with Crippen molar-refractivity contribution in [2.45, 2.75) is 32.7 Å². The number of aromatic nitrogens is 2. The molecule has 0 aliphatic carbocycles. The molecule has 0 amide bonds. The highest BCUT2D eigenvalue weighted by atomic mass is 16.5. The number of H-pyrrole nitrogens is 1. The molecule has 2 rings (SSSR count). The van der Waals surface area contributed by atoms with Crippen molar-refractivity contribution < 1.29 is 4.74 Å². The molecule has 0 saturated carbocycles. The van der Waals surface area contributed by atoms with Crippen LogP contribution < -0.4 is 26.6 Å². The van der Waals surface area contributed by atoms with E-state index in [4.69, 9.17) is 4.74 Å². The summed E-state index contributed by atoms with van der Waals surface area (Å²) in [5, 5.41) is 0.611. The molecule has 25 heavy (non-hydrogen) atoms. The minimum absolute atomic E-state index is 0.225. The van der Waals surface area contributed by atoms with Gasteiger partial charge in [0.2, 0.25) is 0 Å². The van der Waals surface area contributed by atoms with Crippen molar-refractivity contribution >= 4 is 12.2 Å². The molecular formula is C20H24N2O3. The minimum atomic E-state index is -0.310. The van der Waals surface area contributed by atoms with E-state index in [-0.39, 0.29) is 23.0 Å². The lowest BCUT2D eigenvalue weighted by molar-refractivity contribution is 0.414. The molecule has 0 radical (unpaired) electrons. The zero-order valence-corrected chi connectivity index (χ0v) is 14.7. The Balaban J connectivity index is 2.74. The van der Waals surface area contributed by atoms with Gasteiger partial charge in [-0.3, -0.25) is 14.2 Å². The molecule has 0 atom stereocenters. The zero-order valence-electron chi connectivity index (χ0n) is 14.7. The number of rotatable bonds is 7. The summed E-state index contributed by atoms with van der Waals surface area (Å²) < 4.78 is 6.76. The summed E-state index contributed by atoms with van der Waals surface area (Å²) in [6.45, 7) is 6.04. The van der Waals surface area contributed by atoms with Crippen LogP contribution in [0.25, 0.3) is 12.2 Å². The van der Waals surface area contributed by atoms with Gasteiger partial charge < -0.3 is 9.72 Å². The summed E-state index contributed by atoms with van der Waals surface area (Å²) in [7, 11) is 1.57. The van der Waals surface area contributed by atoms with Crippen LogP contribution in [0.5, 0.6) is 5.75 Å². The third-order valence-electron chi connectivity index (χ3n) is 3.90. The Kier molecular flexibility index (Phi) is 6.57. The number of allylic oxidation sites excluding steroid dienone is 1. The molecule has 0 bridgehead atoms. The summed E-state index contributed by atoms with van der Waals surface area (Å²) in [5.74, 6) is 0.637. The van der Waals surface area contributed by atoms with Gasteiger partial charge in [-0.05, 0) is 25.0 Å². The van der Waals surface area contributed by atoms with E-state index in [2.05, 4.69) is 18.5 Å². The summed E-state index contributed by atoms with van der Waals surface area (Å²) in [5.41, 5.74) is 0.197. The normalized spacial score (nSPS) is 12.4. The Morgan fingerprint density at radius 1 is 1.28 bits per heavy atom. The number of benzene rings is 1. The monoisotopic (exact) mass is 340 g/mol. The van der Waals surface area contributed by atoms with Gasteiger partial charge in [-0.2, -0.15) is 0 Å². The number of ether oxygens (including phenoxy) is 1. The Hall–Kier alpha value is -2.82. The Bertz CT molecular complexity index is 968. The number of nitrogens with zero attached hydrogens (tertiary/aromatic N) is 1. The quantitative estimate of drug-likeness (QED) is 0.614. The molecule has 0 spiro atoms. The van der Waals surface area contributed by atoms with Crippen molar-refractivity contribution in [3.8, 4) is 5.75 Å².